The molecule has 0 N–H and O–H groups in total. The Balaban J connectivity index is 1.46. The number of hydrogen-bond acceptors (Lipinski definition) is 3. The lowest BCUT2D eigenvalue weighted by Crippen LogP contribution is -2.22. The van der Waals surface area contributed by atoms with Crippen LogP contribution in [0.4, 0.5) is 5.69 Å². The smallest absolute Gasteiger partial charge is 0.278 e. The zero-order valence-corrected chi connectivity index (χ0v) is 20.3. The molecule has 3 aromatic carbocycles. The molecule has 0 fully saturated rings. The van der Waals surface area contributed by atoms with Gasteiger partial charge in [-0.15, -0.1) is 0 Å². The largest absolute Gasteiger partial charge is 0.279 e. The van der Waals surface area contributed by atoms with Crippen LogP contribution in [0.1, 0.15) is 46.1 Å². The molecule has 1 unspecified atom stereocenters. The van der Waals surface area contributed by atoms with Gasteiger partial charge in [-0.1, -0.05) is 59.6 Å². The quantitative estimate of drug-likeness (QED) is 0.302. The molecule has 0 saturated heterocycles. The molecule has 1 aliphatic heterocycles. The molecule has 6 rings (SSSR count). The van der Waals surface area contributed by atoms with E-state index >= 15 is 0 Å². The topological polar surface area (TPSA) is 37.6 Å². The summed E-state index contributed by atoms with van der Waals surface area (Å²) in [6.45, 7) is 2.01. The van der Waals surface area contributed by atoms with Crippen molar-refractivity contribution >= 4 is 51.4 Å². The Bertz CT molecular complexity index is 1470. The summed E-state index contributed by atoms with van der Waals surface area (Å²) in [5, 5.41) is 9.24. The van der Waals surface area contributed by atoms with E-state index in [1.165, 1.54) is 10.9 Å². The second kappa shape index (κ2) is 8.30. The molecule has 34 heavy (non-hydrogen) atoms. The minimum absolute atomic E-state index is 0.0518. The van der Waals surface area contributed by atoms with Crippen molar-refractivity contribution in [3.05, 3.63) is 99.2 Å². The molecule has 2 aliphatic rings. The van der Waals surface area contributed by atoms with E-state index in [0.29, 0.717) is 22.2 Å². The van der Waals surface area contributed by atoms with Crippen LogP contribution in [0.2, 0.25) is 10.0 Å². The molecule has 0 amide bonds. The maximum Gasteiger partial charge on any atom is 0.278 e. The molecule has 1 aromatic heterocycles. The van der Waals surface area contributed by atoms with E-state index in [4.69, 9.17) is 28.3 Å². The number of nitrogens with zero attached hydrogens (tertiary/aromatic N) is 3. The maximum absolute atomic E-state index is 14.0. The minimum atomic E-state index is -0.147. The van der Waals surface area contributed by atoms with E-state index in [9.17, 15) is 4.79 Å². The third-order valence-corrected chi connectivity index (χ3v) is 7.45. The first-order valence-corrected chi connectivity index (χ1v) is 12.3. The first-order chi connectivity index (χ1) is 16.5. The number of hydrogen-bond donors (Lipinski definition) is 0. The van der Waals surface area contributed by atoms with Crippen LogP contribution < -0.4 is 5.01 Å². The lowest BCUT2D eigenvalue weighted by atomic mass is 10.0. The number of halogens is 2. The summed E-state index contributed by atoms with van der Waals surface area (Å²) in [5.74, 6) is -0.0518. The van der Waals surface area contributed by atoms with Gasteiger partial charge < -0.3 is 0 Å². The number of carbonyl (C=O) groups excluding carboxylic acids is 1. The van der Waals surface area contributed by atoms with Crippen molar-refractivity contribution in [2.24, 2.45) is 5.10 Å². The van der Waals surface area contributed by atoms with Gasteiger partial charge in [0.15, 0.2) is 0 Å². The Labute approximate surface area is 208 Å². The molecule has 0 spiro atoms. The van der Waals surface area contributed by atoms with Crippen molar-refractivity contribution < 1.29 is 4.79 Å². The average Bonchev–Trinajstić information content (AvgIpc) is 3.54. The third kappa shape index (κ3) is 3.44. The van der Waals surface area contributed by atoms with Crippen LogP contribution in [0.15, 0.2) is 71.8 Å². The lowest BCUT2D eigenvalue weighted by Gasteiger charge is -2.25. The highest BCUT2D eigenvalue weighted by molar-refractivity contribution is 6.42. The van der Waals surface area contributed by atoms with Crippen molar-refractivity contribution in [3.8, 4) is 0 Å². The van der Waals surface area contributed by atoms with Crippen LogP contribution in [0.5, 0.6) is 0 Å². The zero-order chi connectivity index (χ0) is 23.4. The van der Waals surface area contributed by atoms with E-state index in [2.05, 4.69) is 6.07 Å². The highest BCUT2D eigenvalue weighted by Crippen LogP contribution is 2.40. The Hall–Kier alpha value is -3.08. The number of anilines is 1. The van der Waals surface area contributed by atoms with Crippen molar-refractivity contribution in [3.63, 3.8) is 0 Å². The van der Waals surface area contributed by atoms with Crippen LogP contribution in [0, 0.1) is 6.92 Å². The summed E-state index contributed by atoms with van der Waals surface area (Å²) in [6, 6.07) is 21.7. The predicted molar refractivity (Wildman–Crippen MR) is 140 cm³/mol. The van der Waals surface area contributed by atoms with Gasteiger partial charge in [-0.25, -0.2) is 0 Å². The van der Waals surface area contributed by atoms with Gasteiger partial charge in [0.2, 0.25) is 0 Å². The Morgan fingerprint density at radius 3 is 2.59 bits per heavy atom. The fraction of sp³-hybridized carbons (Fsp3) is 0.214. The number of benzene rings is 3. The van der Waals surface area contributed by atoms with Crippen LogP contribution in [0.25, 0.3) is 10.9 Å². The summed E-state index contributed by atoms with van der Waals surface area (Å²) in [7, 11) is 0. The number of aromatic nitrogens is 1. The second-order valence-corrected chi connectivity index (χ2v) is 9.90. The van der Waals surface area contributed by atoms with Gasteiger partial charge >= 0.3 is 0 Å². The van der Waals surface area contributed by atoms with Gasteiger partial charge in [0, 0.05) is 22.5 Å². The second-order valence-electron chi connectivity index (χ2n) is 9.05. The van der Waals surface area contributed by atoms with E-state index in [1.807, 2.05) is 77.2 Å². The summed E-state index contributed by atoms with van der Waals surface area (Å²) < 4.78 is 1.90. The van der Waals surface area contributed by atoms with E-state index in [0.717, 1.165) is 47.3 Å². The SMILES string of the molecule is Cc1ccc(N2N=C(C(=O)n3c4c(c5ccccc53)CCC4)CC2c2ccc(Cl)cc2)c(Cl)c1. The molecule has 6 heteroatoms. The first kappa shape index (κ1) is 21.5. The Morgan fingerprint density at radius 1 is 1.00 bits per heavy atom. The summed E-state index contributed by atoms with van der Waals surface area (Å²) in [6.07, 6.45) is 3.50. The molecule has 0 saturated carbocycles. The highest BCUT2D eigenvalue weighted by Gasteiger charge is 2.36. The average molecular weight is 488 g/mol. The Morgan fingerprint density at radius 2 is 1.79 bits per heavy atom. The first-order valence-electron chi connectivity index (χ1n) is 11.6. The van der Waals surface area contributed by atoms with Crippen LogP contribution >= 0.6 is 23.2 Å². The van der Waals surface area contributed by atoms with Gasteiger partial charge in [0.25, 0.3) is 5.91 Å². The van der Waals surface area contributed by atoms with Crippen molar-refractivity contribution in [2.45, 2.75) is 38.6 Å². The number of carbonyl (C=O) groups is 1. The van der Waals surface area contributed by atoms with Crippen LogP contribution in [-0.2, 0) is 12.8 Å². The van der Waals surface area contributed by atoms with Gasteiger partial charge in [0.05, 0.1) is 22.3 Å². The molecular weight excluding hydrogens is 465 g/mol. The van der Waals surface area contributed by atoms with Crippen molar-refractivity contribution in [1.82, 2.24) is 4.57 Å². The molecule has 1 atom stereocenters. The minimum Gasteiger partial charge on any atom is -0.279 e. The summed E-state index contributed by atoms with van der Waals surface area (Å²) >= 11 is 12.8. The van der Waals surface area contributed by atoms with Gasteiger partial charge in [-0.2, -0.15) is 5.10 Å². The molecule has 1 aliphatic carbocycles. The molecule has 0 bridgehead atoms. The van der Waals surface area contributed by atoms with E-state index < -0.39 is 0 Å². The maximum atomic E-state index is 14.0. The van der Waals surface area contributed by atoms with E-state index in [1.54, 1.807) is 0 Å². The number of hydrazone groups is 1. The number of para-hydroxylation sites is 1. The Kier molecular flexibility index (Phi) is 5.23. The van der Waals surface area contributed by atoms with Crippen molar-refractivity contribution in [2.75, 3.05) is 5.01 Å². The zero-order valence-electron chi connectivity index (χ0n) is 18.8. The van der Waals surface area contributed by atoms with Crippen LogP contribution in [-0.4, -0.2) is 16.2 Å². The molecule has 170 valence electrons. The van der Waals surface area contributed by atoms with Gasteiger partial charge in [-0.3, -0.25) is 14.4 Å². The molecule has 2 heterocycles. The molecule has 4 aromatic rings. The lowest BCUT2D eigenvalue weighted by molar-refractivity contribution is 0.0990. The van der Waals surface area contributed by atoms with E-state index in [-0.39, 0.29) is 11.9 Å². The molecule has 4 nitrogen and oxygen atoms in total. The van der Waals surface area contributed by atoms with Gasteiger partial charge in [-0.05, 0) is 73.2 Å². The standard InChI is InChI=1S/C28H23Cl2N3O/c1-17-9-14-26(22(30)15-17)33-27(18-10-12-19(29)13-11-18)16-23(31-33)28(34)32-24-7-3-2-5-20(24)21-6-4-8-25(21)32/h2-3,5,7,9-15,27H,4,6,8,16H2,1H3. The monoisotopic (exact) mass is 487 g/mol. The number of fused-ring (bicyclic) bond motifs is 3. The van der Waals surface area contributed by atoms with Gasteiger partial charge in [0.1, 0.15) is 5.71 Å². The molecular formula is C28H23Cl2N3O. The number of aryl methyl sites for hydroxylation is 2. The third-order valence-electron chi connectivity index (χ3n) is 6.89. The summed E-state index contributed by atoms with van der Waals surface area (Å²) in [5.41, 5.74) is 6.83. The number of rotatable bonds is 3. The summed E-state index contributed by atoms with van der Waals surface area (Å²) in [4.78, 5) is 14.0. The van der Waals surface area contributed by atoms with Crippen LogP contribution in [0.3, 0.4) is 0 Å². The van der Waals surface area contributed by atoms with Crippen molar-refractivity contribution in [1.29, 1.82) is 0 Å². The molecule has 0 radical (unpaired) electrons. The fourth-order valence-electron chi connectivity index (χ4n) is 5.30. The normalized spacial score (nSPS) is 17.3. The highest BCUT2D eigenvalue weighted by atomic mass is 35.5. The predicted octanol–water partition coefficient (Wildman–Crippen LogP) is 7.39. The fourth-order valence-corrected chi connectivity index (χ4v) is 5.75.